The zero-order valence-electron chi connectivity index (χ0n) is 14.8. The lowest BCUT2D eigenvalue weighted by Crippen LogP contribution is -2.42. The molecule has 134 valence electrons. The molecular weight excluding hydrogens is 332 g/mol. The Hall–Kier alpha value is -1.53. The van der Waals surface area contributed by atoms with Gasteiger partial charge in [0.25, 0.3) is 0 Å². The smallest absolute Gasteiger partial charge is 0.224 e. The summed E-state index contributed by atoms with van der Waals surface area (Å²) >= 11 is 1.94. The molecule has 2 aliphatic heterocycles. The summed E-state index contributed by atoms with van der Waals surface area (Å²) < 4.78 is 2.28. The molecule has 1 aromatic heterocycles. The highest BCUT2D eigenvalue weighted by molar-refractivity contribution is 7.99. The molecule has 2 aromatic rings. The number of para-hydroxylation sites is 2. The largest absolute Gasteiger partial charge is 0.332 e. The standard InChI is InChI=1S/C19H26N4OS/c1-2-22-16-7-4-3-6-15(16)21-19(22)17-8-5-10-23(17)18(24)12-14-13-25-11-9-20-14/h3-4,6-7,14,17,20H,2,5,8-13H2,1H3. The summed E-state index contributed by atoms with van der Waals surface area (Å²) in [7, 11) is 0. The molecule has 2 aliphatic rings. The van der Waals surface area contributed by atoms with Gasteiger partial charge in [0.1, 0.15) is 5.82 Å². The highest BCUT2D eigenvalue weighted by Gasteiger charge is 2.34. The molecule has 25 heavy (non-hydrogen) atoms. The number of amides is 1. The summed E-state index contributed by atoms with van der Waals surface area (Å²) in [6.07, 6.45) is 2.69. The molecule has 5 nitrogen and oxygen atoms in total. The minimum atomic E-state index is 0.121. The summed E-state index contributed by atoms with van der Waals surface area (Å²) in [5, 5.41) is 3.48. The Morgan fingerprint density at radius 3 is 3.08 bits per heavy atom. The second-order valence-corrected chi connectivity index (χ2v) is 8.03. The minimum Gasteiger partial charge on any atom is -0.332 e. The van der Waals surface area contributed by atoms with Crippen LogP contribution in [-0.4, -0.2) is 51.0 Å². The van der Waals surface area contributed by atoms with Gasteiger partial charge in [-0.1, -0.05) is 12.1 Å². The summed E-state index contributed by atoms with van der Waals surface area (Å²) in [6, 6.07) is 8.72. The number of carbonyl (C=O) groups excluding carboxylic acids is 1. The van der Waals surface area contributed by atoms with Crippen molar-refractivity contribution in [3.8, 4) is 0 Å². The van der Waals surface area contributed by atoms with Crippen molar-refractivity contribution in [1.82, 2.24) is 19.8 Å². The molecule has 1 amide bonds. The monoisotopic (exact) mass is 358 g/mol. The van der Waals surface area contributed by atoms with E-state index in [1.54, 1.807) is 0 Å². The number of nitrogens with zero attached hydrogens (tertiary/aromatic N) is 3. The molecule has 3 heterocycles. The van der Waals surface area contributed by atoms with Gasteiger partial charge in [-0.3, -0.25) is 4.79 Å². The van der Waals surface area contributed by atoms with Crippen molar-refractivity contribution >= 4 is 28.7 Å². The quantitative estimate of drug-likeness (QED) is 0.913. The molecule has 2 fully saturated rings. The molecule has 2 atom stereocenters. The second-order valence-electron chi connectivity index (χ2n) is 6.88. The van der Waals surface area contributed by atoms with Crippen LogP contribution in [0.4, 0.5) is 0 Å². The Labute approximate surface area is 153 Å². The maximum atomic E-state index is 13.0. The minimum absolute atomic E-state index is 0.121. The summed E-state index contributed by atoms with van der Waals surface area (Å²) in [5.41, 5.74) is 2.20. The number of fused-ring (bicyclic) bond motifs is 1. The number of aryl methyl sites for hydroxylation is 1. The Kier molecular flexibility index (Phi) is 4.99. The molecule has 0 spiro atoms. The van der Waals surface area contributed by atoms with Crippen LogP contribution in [0.1, 0.15) is 38.1 Å². The molecule has 0 aliphatic carbocycles. The van der Waals surface area contributed by atoms with Crippen LogP contribution in [0.3, 0.4) is 0 Å². The van der Waals surface area contributed by atoms with E-state index in [1.807, 2.05) is 17.8 Å². The first-order chi connectivity index (χ1) is 12.3. The first-order valence-electron chi connectivity index (χ1n) is 9.33. The zero-order valence-corrected chi connectivity index (χ0v) is 15.6. The fourth-order valence-corrected chi connectivity index (χ4v) is 5.04. The van der Waals surface area contributed by atoms with Crippen LogP contribution in [0.25, 0.3) is 11.0 Å². The van der Waals surface area contributed by atoms with E-state index in [1.165, 1.54) is 5.52 Å². The van der Waals surface area contributed by atoms with E-state index in [4.69, 9.17) is 4.98 Å². The third kappa shape index (κ3) is 3.29. The van der Waals surface area contributed by atoms with Crippen molar-refractivity contribution < 1.29 is 4.79 Å². The molecule has 0 bridgehead atoms. The van der Waals surface area contributed by atoms with Gasteiger partial charge in [-0.15, -0.1) is 0 Å². The number of thioether (sulfide) groups is 1. The van der Waals surface area contributed by atoms with Gasteiger partial charge in [-0.2, -0.15) is 11.8 Å². The van der Waals surface area contributed by atoms with E-state index in [-0.39, 0.29) is 11.9 Å². The van der Waals surface area contributed by atoms with Crippen LogP contribution in [0.5, 0.6) is 0 Å². The number of hydrogen-bond acceptors (Lipinski definition) is 4. The number of likely N-dealkylation sites (tertiary alicyclic amines) is 1. The van der Waals surface area contributed by atoms with Crippen molar-refractivity contribution in [2.24, 2.45) is 0 Å². The number of rotatable bonds is 4. The van der Waals surface area contributed by atoms with Gasteiger partial charge in [0.2, 0.25) is 5.91 Å². The third-order valence-corrected chi connectivity index (χ3v) is 6.42. The molecule has 2 saturated heterocycles. The van der Waals surface area contributed by atoms with Crippen LogP contribution in [0, 0.1) is 0 Å². The lowest BCUT2D eigenvalue weighted by Gasteiger charge is -2.28. The number of hydrogen-bond donors (Lipinski definition) is 1. The lowest BCUT2D eigenvalue weighted by atomic mass is 10.1. The Bertz CT molecular complexity index is 753. The highest BCUT2D eigenvalue weighted by atomic mass is 32.2. The number of aromatic nitrogens is 2. The van der Waals surface area contributed by atoms with Gasteiger partial charge in [0, 0.05) is 43.6 Å². The molecule has 4 rings (SSSR count). The maximum absolute atomic E-state index is 13.0. The second kappa shape index (κ2) is 7.38. The van der Waals surface area contributed by atoms with Gasteiger partial charge in [0.05, 0.1) is 17.1 Å². The maximum Gasteiger partial charge on any atom is 0.224 e. The van der Waals surface area contributed by atoms with Crippen LogP contribution < -0.4 is 5.32 Å². The normalized spacial score (nSPS) is 24.1. The molecule has 1 N–H and O–H groups in total. The fraction of sp³-hybridized carbons (Fsp3) is 0.579. The molecule has 0 radical (unpaired) electrons. The van der Waals surface area contributed by atoms with Crippen molar-refractivity contribution in [1.29, 1.82) is 0 Å². The Morgan fingerprint density at radius 2 is 2.28 bits per heavy atom. The van der Waals surface area contributed by atoms with Gasteiger partial charge >= 0.3 is 0 Å². The van der Waals surface area contributed by atoms with E-state index < -0.39 is 0 Å². The average Bonchev–Trinajstić information content (AvgIpc) is 3.26. The number of imidazole rings is 1. The molecule has 1 aromatic carbocycles. The van der Waals surface area contributed by atoms with Crippen molar-refractivity contribution in [2.75, 3.05) is 24.6 Å². The number of nitrogens with one attached hydrogen (secondary N) is 1. The van der Waals surface area contributed by atoms with Crippen LogP contribution in [0.15, 0.2) is 24.3 Å². The molecule has 2 unspecified atom stereocenters. The predicted molar refractivity (Wildman–Crippen MR) is 103 cm³/mol. The first kappa shape index (κ1) is 16.9. The molecular formula is C19H26N4OS. The predicted octanol–water partition coefficient (Wildman–Crippen LogP) is 2.81. The van der Waals surface area contributed by atoms with Crippen LogP contribution in [-0.2, 0) is 11.3 Å². The van der Waals surface area contributed by atoms with Gasteiger partial charge < -0.3 is 14.8 Å². The fourth-order valence-electron chi connectivity index (χ4n) is 4.09. The van der Waals surface area contributed by atoms with E-state index >= 15 is 0 Å². The lowest BCUT2D eigenvalue weighted by molar-refractivity contribution is -0.132. The molecule has 0 saturated carbocycles. The summed E-state index contributed by atoms with van der Waals surface area (Å²) in [5.74, 6) is 3.52. The van der Waals surface area contributed by atoms with Gasteiger partial charge in [0.15, 0.2) is 0 Å². The highest BCUT2D eigenvalue weighted by Crippen LogP contribution is 2.34. The van der Waals surface area contributed by atoms with Gasteiger partial charge in [-0.25, -0.2) is 4.98 Å². The van der Waals surface area contributed by atoms with Crippen molar-refractivity contribution in [2.45, 2.75) is 44.8 Å². The van der Waals surface area contributed by atoms with E-state index in [0.29, 0.717) is 12.5 Å². The number of carbonyl (C=O) groups is 1. The van der Waals surface area contributed by atoms with Crippen LogP contribution >= 0.6 is 11.8 Å². The van der Waals surface area contributed by atoms with E-state index in [9.17, 15) is 4.79 Å². The Balaban J connectivity index is 1.58. The molecule has 6 heteroatoms. The summed E-state index contributed by atoms with van der Waals surface area (Å²) in [6.45, 7) is 4.91. The number of benzene rings is 1. The van der Waals surface area contributed by atoms with Crippen molar-refractivity contribution in [3.05, 3.63) is 30.1 Å². The Morgan fingerprint density at radius 1 is 1.40 bits per heavy atom. The van der Waals surface area contributed by atoms with Crippen LogP contribution in [0.2, 0.25) is 0 Å². The average molecular weight is 359 g/mol. The summed E-state index contributed by atoms with van der Waals surface area (Å²) in [4.78, 5) is 19.9. The van der Waals surface area contributed by atoms with Gasteiger partial charge in [-0.05, 0) is 31.9 Å². The SMILES string of the molecule is CCn1c(C2CCCN2C(=O)CC2CSCCN2)nc2ccccc21. The van der Waals surface area contributed by atoms with Crippen molar-refractivity contribution in [3.63, 3.8) is 0 Å². The van der Waals surface area contributed by atoms with E-state index in [2.05, 4.69) is 39.9 Å². The topological polar surface area (TPSA) is 50.2 Å². The zero-order chi connectivity index (χ0) is 17.2. The first-order valence-corrected chi connectivity index (χ1v) is 10.5. The third-order valence-electron chi connectivity index (χ3n) is 5.29. The van der Waals surface area contributed by atoms with E-state index in [0.717, 1.165) is 55.3 Å².